The van der Waals surface area contributed by atoms with E-state index < -0.39 is 0 Å². The van der Waals surface area contributed by atoms with E-state index in [0.717, 1.165) is 30.2 Å². The lowest BCUT2D eigenvalue weighted by Gasteiger charge is -2.31. The van der Waals surface area contributed by atoms with Crippen molar-refractivity contribution in [3.05, 3.63) is 59.7 Å². The largest absolute Gasteiger partial charge is 0.493 e. The monoisotopic (exact) mass is 370 g/mol. The molecule has 0 bridgehead atoms. The third-order valence-electron chi connectivity index (χ3n) is 4.42. The zero-order chi connectivity index (χ0) is 19.9. The molecule has 0 heterocycles. The molecule has 2 aromatic carbocycles. The van der Waals surface area contributed by atoms with Crippen LogP contribution >= 0.6 is 0 Å². The summed E-state index contributed by atoms with van der Waals surface area (Å²) in [6, 6.07) is 16.8. The van der Waals surface area contributed by atoms with E-state index in [2.05, 4.69) is 61.7 Å². The van der Waals surface area contributed by atoms with Crippen LogP contribution in [0.4, 0.5) is 0 Å². The summed E-state index contributed by atoms with van der Waals surface area (Å²) >= 11 is 0. The SMILES string of the molecule is COc1cccc(CNCC(C)(C)NC(C)c2ccccc2)c1OC(C)C. The van der Waals surface area contributed by atoms with Crippen molar-refractivity contribution in [2.45, 2.75) is 58.8 Å². The van der Waals surface area contributed by atoms with Crippen LogP contribution in [0.15, 0.2) is 48.5 Å². The van der Waals surface area contributed by atoms with Crippen molar-refractivity contribution >= 4 is 0 Å². The maximum absolute atomic E-state index is 5.99. The van der Waals surface area contributed by atoms with Gasteiger partial charge in [-0.2, -0.15) is 0 Å². The lowest BCUT2D eigenvalue weighted by Crippen LogP contribution is -2.48. The Morgan fingerprint density at radius 2 is 1.67 bits per heavy atom. The number of para-hydroxylation sites is 1. The van der Waals surface area contributed by atoms with Gasteiger partial charge in [0.25, 0.3) is 0 Å². The van der Waals surface area contributed by atoms with E-state index in [9.17, 15) is 0 Å². The van der Waals surface area contributed by atoms with Gasteiger partial charge in [-0.05, 0) is 46.2 Å². The van der Waals surface area contributed by atoms with Crippen molar-refractivity contribution in [2.24, 2.45) is 0 Å². The van der Waals surface area contributed by atoms with Crippen LogP contribution in [-0.4, -0.2) is 25.3 Å². The van der Waals surface area contributed by atoms with Crippen molar-refractivity contribution in [1.82, 2.24) is 10.6 Å². The molecule has 0 fully saturated rings. The second-order valence-corrected chi connectivity index (χ2v) is 7.88. The van der Waals surface area contributed by atoms with E-state index in [1.165, 1.54) is 5.56 Å². The Kier molecular flexibility index (Phi) is 7.69. The van der Waals surface area contributed by atoms with Crippen molar-refractivity contribution in [3.63, 3.8) is 0 Å². The van der Waals surface area contributed by atoms with E-state index >= 15 is 0 Å². The van der Waals surface area contributed by atoms with Gasteiger partial charge in [-0.25, -0.2) is 0 Å². The lowest BCUT2D eigenvalue weighted by atomic mass is 10.0. The quantitative estimate of drug-likeness (QED) is 0.636. The van der Waals surface area contributed by atoms with Crippen molar-refractivity contribution < 1.29 is 9.47 Å². The number of rotatable bonds is 10. The highest BCUT2D eigenvalue weighted by molar-refractivity contribution is 5.46. The first-order valence-corrected chi connectivity index (χ1v) is 9.68. The molecule has 0 aromatic heterocycles. The van der Waals surface area contributed by atoms with Gasteiger partial charge in [0.05, 0.1) is 13.2 Å². The fraction of sp³-hybridized carbons (Fsp3) is 0.478. The molecule has 0 spiro atoms. The minimum Gasteiger partial charge on any atom is -0.493 e. The van der Waals surface area contributed by atoms with E-state index in [1.54, 1.807) is 7.11 Å². The fourth-order valence-corrected chi connectivity index (χ4v) is 3.20. The Hall–Kier alpha value is -2.04. The summed E-state index contributed by atoms with van der Waals surface area (Å²) < 4.78 is 11.5. The van der Waals surface area contributed by atoms with Gasteiger partial charge in [0.2, 0.25) is 0 Å². The summed E-state index contributed by atoms with van der Waals surface area (Å²) in [5.74, 6) is 1.60. The second-order valence-electron chi connectivity index (χ2n) is 7.88. The molecule has 148 valence electrons. The number of hydrogen-bond donors (Lipinski definition) is 2. The maximum atomic E-state index is 5.99. The molecule has 0 aliphatic carbocycles. The van der Waals surface area contributed by atoms with Gasteiger partial charge in [0, 0.05) is 30.2 Å². The Bertz CT molecular complexity index is 699. The van der Waals surface area contributed by atoms with Crippen LogP contribution in [0.3, 0.4) is 0 Å². The first kappa shape index (κ1) is 21.3. The number of benzene rings is 2. The average Bonchev–Trinajstić information content (AvgIpc) is 2.62. The van der Waals surface area contributed by atoms with Crippen LogP contribution in [0.2, 0.25) is 0 Å². The molecule has 4 nitrogen and oxygen atoms in total. The maximum Gasteiger partial charge on any atom is 0.166 e. The van der Waals surface area contributed by atoms with Crippen molar-refractivity contribution in [3.8, 4) is 11.5 Å². The van der Waals surface area contributed by atoms with E-state index in [1.807, 2.05) is 32.0 Å². The Labute approximate surface area is 164 Å². The number of methoxy groups -OCH3 is 1. The molecule has 1 atom stereocenters. The minimum atomic E-state index is -0.0484. The van der Waals surface area contributed by atoms with Crippen LogP contribution < -0.4 is 20.1 Å². The molecule has 27 heavy (non-hydrogen) atoms. The smallest absolute Gasteiger partial charge is 0.166 e. The molecular weight excluding hydrogens is 336 g/mol. The summed E-state index contributed by atoms with van der Waals surface area (Å²) in [5, 5.41) is 7.28. The summed E-state index contributed by atoms with van der Waals surface area (Å²) in [4.78, 5) is 0. The standard InChI is InChI=1S/C23H34N2O2/c1-17(2)27-22-20(13-10-14-21(22)26-6)15-24-16-23(4,5)25-18(3)19-11-8-7-9-12-19/h7-14,17-18,24-25H,15-16H2,1-6H3. The van der Waals surface area contributed by atoms with Gasteiger partial charge in [0.15, 0.2) is 11.5 Å². The molecule has 0 saturated heterocycles. The lowest BCUT2D eigenvalue weighted by molar-refractivity contribution is 0.226. The van der Waals surface area contributed by atoms with Crippen molar-refractivity contribution in [1.29, 1.82) is 0 Å². The zero-order valence-corrected chi connectivity index (χ0v) is 17.5. The first-order valence-electron chi connectivity index (χ1n) is 9.68. The number of hydrogen-bond acceptors (Lipinski definition) is 4. The molecule has 2 N–H and O–H groups in total. The summed E-state index contributed by atoms with van der Waals surface area (Å²) in [6.45, 7) is 12.3. The second kappa shape index (κ2) is 9.77. The van der Waals surface area contributed by atoms with E-state index in [-0.39, 0.29) is 11.6 Å². The van der Waals surface area contributed by atoms with Crippen LogP contribution in [0, 0.1) is 0 Å². The highest BCUT2D eigenvalue weighted by Crippen LogP contribution is 2.32. The third-order valence-corrected chi connectivity index (χ3v) is 4.42. The van der Waals surface area contributed by atoms with Crippen LogP contribution in [-0.2, 0) is 6.54 Å². The molecule has 0 radical (unpaired) electrons. The van der Waals surface area contributed by atoms with Crippen molar-refractivity contribution in [2.75, 3.05) is 13.7 Å². The molecule has 2 rings (SSSR count). The molecule has 2 aromatic rings. The van der Waals surface area contributed by atoms with Crippen LogP contribution in [0.1, 0.15) is 51.8 Å². The summed E-state index contributed by atoms with van der Waals surface area (Å²) in [6.07, 6.45) is 0.102. The Balaban J connectivity index is 1.96. The predicted octanol–water partition coefficient (Wildman–Crippen LogP) is 4.70. The highest BCUT2D eigenvalue weighted by Gasteiger charge is 2.21. The Morgan fingerprint density at radius 1 is 0.963 bits per heavy atom. The highest BCUT2D eigenvalue weighted by atomic mass is 16.5. The molecule has 0 aliphatic rings. The first-order chi connectivity index (χ1) is 12.8. The van der Waals surface area contributed by atoms with E-state index in [4.69, 9.17) is 9.47 Å². The van der Waals surface area contributed by atoms with E-state index in [0.29, 0.717) is 6.04 Å². The average molecular weight is 371 g/mol. The summed E-state index contributed by atoms with van der Waals surface area (Å²) in [5.41, 5.74) is 2.36. The van der Waals surface area contributed by atoms with Gasteiger partial charge in [-0.1, -0.05) is 42.5 Å². The summed E-state index contributed by atoms with van der Waals surface area (Å²) in [7, 11) is 1.68. The van der Waals surface area contributed by atoms with Gasteiger partial charge < -0.3 is 20.1 Å². The van der Waals surface area contributed by atoms with Gasteiger partial charge in [-0.3, -0.25) is 0 Å². The molecule has 0 saturated carbocycles. The Morgan fingerprint density at radius 3 is 2.30 bits per heavy atom. The molecule has 4 heteroatoms. The normalized spacial score (nSPS) is 12.9. The zero-order valence-electron chi connectivity index (χ0n) is 17.5. The molecule has 0 amide bonds. The minimum absolute atomic E-state index is 0.0484. The molecule has 0 aliphatic heterocycles. The molecule has 1 unspecified atom stereocenters. The van der Waals surface area contributed by atoms with Gasteiger partial charge >= 0.3 is 0 Å². The number of ether oxygens (including phenoxy) is 2. The molecular formula is C23H34N2O2. The topological polar surface area (TPSA) is 42.5 Å². The third kappa shape index (κ3) is 6.56. The van der Waals surface area contributed by atoms with Crippen LogP contribution in [0.25, 0.3) is 0 Å². The van der Waals surface area contributed by atoms with Gasteiger partial charge in [-0.15, -0.1) is 0 Å². The van der Waals surface area contributed by atoms with Gasteiger partial charge in [0.1, 0.15) is 0 Å². The number of nitrogens with one attached hydrogen (secondary N) is 2. The predicted molar refractivity (Wildman–Crippen MR) is 113 cm³/mol. The fourth-order valence-electron chi connectivity index (χ4n) is 3.20. The van der Waals surface area contributed by atoms with Crippen LogP contribution in [0.5, 0.6) is 11.5 Å².